The number of nitrogens with one attached hydrogen (secondary N) is 1. The molecule has 6 nitrogen and oxygen atoms in total. The molecule has 1 N–H and O–H groups in total. The standard InChI is InChI=1S/C24H20ClN3O3/c25-19-9-7-16(8-10-19)21-12-20(30-27-21)14-26-24(29)22-13-23(31-28-22)18-6-5-15-3-1-2-4-17(15)11-18/h5-13H,1-4,14H2,(H,26,29). The molecule has 1 amide bonds. The molecule has 0 unspecified atom stereocenters. The SMILES string of the molecule is O=C(NCc1cc(-c2ccc(Cl)cc2)no1)c1cc(-c2ccc3c(c2)CCCC3)on1. The second kappa shape index (κ2) is 8.40. The van der Waals surface area contributed by atoms with Crippen LogP contribution in [0.5, 0.6) is 0 Å². The van der Waals surface area contributed by atoms with E-state index in [9.17, 15) is 4.79 Å². The number of halogens is 1. The molecule has 1 aliphatic rings. The number of aryl methyl sites for hydroxylation is 2. The number of fused-ring (bicyclic) bond motifs is 1. The molecule has 0 bridgehead atoms. The molecule has 0 radical (unpaired) electrons. The minimum Gasteiger partial charge on any atom is -0.359 e. The topological polar surface area (TPSA) is 81.2 Å². The van der Waals surface area contributed by atoms with Crippen LogP contribution in [0, 0.1) is 0 Å². The van der Waals surface area contributed by atoms with Crippen LogP contribution in [0.4, 0.5) is 0 Å². The van der Waals surface area contributed by atoms with Crippen LogP contribution in [0.25, 0.3) is 22.6 Å². The van der Waals surface area contributed by atoms with Crippen LogP contribution in [0.2, 0.25) is 5.02 Å². The van der Waals surface area contributed by atoms with Gasteiger partial charge in [-0.1, -0.05) is 46.2 Å². The van der Waals surface area contributed by atoms with Crippen molar-refractivity contribution >= 4 is 17.5 Å². The summed E-state index contributed by atoms with van der Waals surface area (Å²) in [5.74, 6) is 0.789. The Labute approximate surface area is 184 Å². The highest BCUT2D eigenvalue weighted by molar-refractivity contribution is 6.30. The minimum absolute atomic E-state index is 0.195. The molecule has 4 aromatic rings. The van der Waals surface area contributed by atoms with E-state index >= 15 is 0 Å². The third-order valence-corrected chi connectivity index (χ3v) is 5.75. The number of hydrogen-bond donors (Lipinski definition) is 1. The Morgan fingerprint density at radius 3 is 2.52 bits per heavy atom. The number of hydrogen-bond acceptors (Lipinski definition) is 5. The second-order valence-electron chi connectivity index (χ2n) is 7.64. The molecular formula is C24H20ClN3O3. The fourth-order valence-electron chi connectivity index (χ4n) is 3.82. The minimum atomic E-state index is -0.336. The first-order chi connectivity index (χ1) is 15.2. The Kier molecular flexibility index (Phi) is 5.30. The average Bonchev–Trinajstić information content (AvgIpc) is 3.48. The van der Waals surface area contributed by atoms with Crippen molar-refractivity contribution in [1.82, 2.24) is 15.6 Å². The van der Waals surface area contributed by atoms with Gasteiger partial charge in [-0.25, -0.2) is 0 Å². The molecule has 2 aromatic carbocycles. The molecule has 0 spiro atoms. The number of nitrogens with zero attached hydrogens (tertiary/aromatic N) is 2. The summed E-state index contributed by atoms with van der Waals surface area (Å²) >= 11 is 5.91. The quantitative estimate of drug-likeness (QED) is 0.452. The zero-order valence-electron chi connectivity index (χ0n) is 16.7. The summed E-state index contributed by atoms with van der Waals surface area (Å²) in [7, 11) is 0. The second-order valence-corrected chi connectivity index (χ2v) is 8.07. The number of carbonyl (C=O) groups excluding carboxylic acids is 1. The van der Waals surface area contributed by atoms with Gasteiger partial charge in [0, 0.05) is 28.3 Å². The van der Waals surface area contributed by atoms with E-state index in [-0.39, 0.29) is 18.1 Å². The van der Waals surface area contributed by atoms with Gasteiger partial charge in [-0.3, -0.25) is 4.79 Å². The van der Waals surface area contributed by atoms with E-state index in [1.165, 1.54) is 24.0 Å². The van der Waals surface area contributed by atoms with Crippen molar-refractivity contribution in [2.24, 2.45) is 0 Å². The molecule has 0 atom stereocenters. The van der Waals surface area contributed by atoms with Crippen LogP contribution in [0.15, 0.2) is 63.6 Å². The normalized spacial score (nSPS) is 13.1. The fourth-order valence-corrected chi connectivity index (χ4v) is 3.94. The third kappa shape index (κ3) is 4.25. The van der Waals surface area contributed by atoms with Crippen molar-refractivity contribution in [1.29, 1.82) is 0 Å². The first-order valence-electron chi connectivity index (χ1n) is 10.2. The van der Waals surface area contributed by atoms with Crippen LogP contribution in [-0.4, -0.2) is 16.2 Å². The molecule has 31 heavy (non-hydrogen) atoms. The van der Waals surface area contributed by atoms with E-state index in [0.29, 0.717) is 22.2 Å². The van der Waals surface area contributed by atoms with Gasteiger partial charge in [0.05, 0.1) is 6.54 Å². The Balaban J connectivity index is 1.24. The van der Waals surface area contributed by atoms with Crippen molar-refractivity contribution < 1.29 is 13.8 Å². The molecule has 0 saturated carbocycles. The maximum Gasteiger partial charge on any atom is 0.273 e. The molecule has 7 heteroatoms. The van der Waals surface area contributed by atoms with E-state index < -0.39 is 0 Å². The number of carbonyl (C=O) groups is 1. The van der Waals surface area contributed by atoms with Gasteiger partial charge in [-0.05, 0) is 55.0 Å². The summed E-state index contributed by atoms with van der Waals surface area (Å²) < 4.78 is 10.8. The van der Waals surface area contributed by atoms with Crippen LogP contribution in [-0.2, 0) is 19.4 Å². The lowest BCUT2D eigenvalue weighted by Gasteiger charge is -2.15. The lowest BCUT2D eigenvalue weighted by Crippen LogP contribution is -2.22. The van der Waals surface area contributed by atoms with Gasteiger partial charge in [-0.2, -0.15) is 0 Å². The van der Waals surface area contributed by atoms with Crippen molar-refractivity contribution in [2.45, 2.75) is 32.2 Å². The van der Waals surface area contributed by atoms with Crippen LogP contribution >= 0.6 is 11.6 Å². The van der Waals surface area contributed by atoms with Crippen molar-refractivity contribution in [3.8, 4) is 22.6 Å². The number of rotatable bonds is 5. The Hall–Kier alpha value is -3.38. The monoisotopic (exact) mass is 433 g/mol. The highest BCUT2D eigenvalue weighted by Crippen LogP contribution is 2.28. The van der Waals surface area contributed by atoms with E-state index in [4.69, 9.17) is 20.6 Å². The van der Waals surface area contributed by atoms with Crippen LogP contribution in [0.3, 0.4) is 0 Å². The molecule has 2 heterocycles. The third-order valence-electron chi connectivity index (χ3n) is 5.50. The Morgan fingerprint density at radius 1 is 0.903 bits per heavy atom. The first-order valence-corrected chi connectivity index (χ1v) is 10.6. The van der Waals surface area contributed by atoms with Gasteiger partial charge in [0.2, 0.25) is 0 Å². The fraction of sp³-hybridized carbons (Fsp3) is 0.208. The molecular weight excluding hydrogens is 414 g/mol. The van der Waals surface area contributed by atoms with Gasteiger partial charge in [0.1, 0.15) is 5.69 Å². The lowest BCUT2D eigenvalue weighted by atomic mass is 9.90. The molecule has 2 aromatic heterocycles. The smallest absolute Gasteiger partial charge is 0.273 e. The summed E-state index contributed by atoms with van der Waals surface area (Å²) in [6, 6.07) is 17.1. The van der Waals surface area contributed by atoms with Crippen molar-refractivity contribution in [3.63, 3.8) is 0 Å². The Bertz CT molecular complexity index is 1230. The summed E-state index contributed by atoms with van der Waals surface area (Å²) in [6.07, 6.45) is 4.66. The van der Waals surface area contributed by atoms with Gasteiger partial charge in [0.25, 0.3) is 5.91 Å². The zero-order chi connectivity index (χ0) is 21.2. The van der Waals surface area contributed by atoms with Crippen LogP contribution in [0.1, 0.15) is 40.2 Å². The van der Waals surface area contributed by atoms with Crippen molar-refractivity contribution in [2.75, 3.05) is 0 Å². The summed E-state index contributed by atoms with van der Waals surface area (Å²) in [6.45, 7) is 0.195. The maximum atomic E-state index is 12.5. The van der Waals surface area contributed by atoms with E-state index in [1.807, 2.05) is 18.2 Å². The van der Waals surface area contributed by atoms with E-state index in [0.717, 1.165) is 24.0 Å². The van der Waals surface area contributed by atoms with Crippen molar-refractivity contribution in [3.05, 3.63) is 82.2 Å². The van der Waals surface area contributed by atoms with E-state index in [1.54, 1.807) is 24.3 Å². The summed E-state index contributed by atoms with van der Waals surface area (Å²) in [5, 5.41) is 11.4. The van der Waals surface area contributed by atoms with Gasteiger partial charge >= 0.3 is 0 Å². The number of benzene rings is 2. The van der Waals surface area contributed by atoms with Crippen LogP contribution < -0.4 is 5.32 Å². The largest absolute Gasteiger partial charge is 0.359 e. The Morgan fingerprint density at radius 2 is 1.68 bits per heavy atom. The number of amides is 1. The van der Waals surface area contributed by atoms with Gasteiger partial charge < -0.3 is 14.4 Å². The molecule has 5 rings (SSSR count). The summed E-state index contributed by atoms with van der Waals surface area (Å²) in [4.78, 5) is 12.5. The van der Waals surface area contributed by atoms with E-state index in [2.05, 4.69) is 27.8 Å². The molecule has 1 aliphatic carbocycles. The molecule has 0 fully saturated rings. The highest BCUT2D eigenvalue weighted by atomic mass is 35.5. The lowest BCUT2D eigenvalue weighted by molar-refractivity contribution is 0.0938. The molecule has 156 valence electrons. The zero-order valence-corrected chi connectivity index (χ0v) is 17.5. The van der Waals surface area contributed by atoms with Gasteiger partial charge in [-0.15, -0.1) is 0 Å². The van der Waals surface area contributed by atoms with Gasteiger partial charge in [0.15, 0.2) is 17.2 Å². The highest BCUT2D eigenvalue weighted by Gasteiger charge is 2.17. The molecule has 0 aliphatic heterocycles. The first kappa shape index (κ1) is 19.6. The average molecular weight is 434 g/mol. The summed E-state index contributed by atoms with van der Waals surface area (Å²) in [5.41, 5.74) is 5.49. The maximum absolute atomic E-state index is 12.5. The number of aromatic nitrogens is 2. The predicted molar refractivity (Wildman–Crippen MR) is 117 cm³/mol. The molecule has 0 saturated heterocycles. The predicted octanol–water partition coefficient (Wildman–Crippen LogP) is 5.46.